The molecule has 7 nitrogen and oxygen atoms in total. The van der Waals surface area contributed by atoms with E-state index in [2.05, 4.69) is 39.8 Å². The van der Waals surface area contributed by atoms with Crippen LogP contribution in [-0.2, 0) is 6.18 Å². The molecule has 34 heavy (non-hydrogen) atoms. The van der Waals surface area contributed by atoms with Gasteiger partial charge in [-0.25, -0.2) is 14.8 Å². The molecule has 0 saturated heterocycles. The van der Waals surface area contributed by atoms with Crippen LogP contribution in [-0.4, -0.2) is 29.1 Å². The van der Waals surface area contributed by atoms with Gasteiger partial charge in [-0.3, -0.25) is 0 Å². The van der Waals surface area contributed by atoms with Gasteiger partial charge in [-0.1, -0.05) is 31.5 Å². The van der Waals surface area contributed by atoms with E-state index in [1.54, 1.807) is 24.3 Å². The lowest BCUT2D eigenvalue weighted by Crippen LogP contribution is -2.20. The molecule has 0 aliphatic rings. The summed E-state index contributed by atoms with van der Waals surface area (Å²) >= 11 is 5.76. The van der Waals surface area contributed by atoms with Crippen molar-refractivity contribution < 1.29 is 22.7 Å². The Labute approximate surface area is 200 Å². The Bertz CT molecular complexity index is 1080. The fraction of sp³-hybridized carbons (Fsp3) is 0.261. The average molecular weight is 496 g/mol. The molecule has 3 aromatic rings. The lowest BCUT2D eigenvalue weighted by molar-refractivity contribution is -0.138. The maximum Gasteiger partial charge on any atom is 0.416 e. The summed E-state index contributed by atoms with van der Waals surface area (Å²) in [5.74, 6) is 0.697. The molecular formula is C23H25ClF3N5O2. The SMILES string of the molecule is CCNCC.Cc1ccc(NC(=O)Nc2ccc(Oc3cc(Cl)ncn3)cc2)cc1C(F)(F)F. The summed E-state index contributed by atoms with van der Waals surface area (Å²) in [6.45, 7) is 7.74. The van der Waals surface area contributed by atoms with E-state index in [-0.39, 0.29) is 22.3 Å². The van der Waals surface area contributed by atoms with Crippen molar-refractivity contribution in [3.05, 3.63) is 71.1 Å². The van der Waals surface area contributed by atoms with Crippen LogP contribution in [0.2, 0.25) is 5.15 Å². The van der Waals surface area contributed by atoms with E-state index in [1.807, 2.05) is 0 Å². The number of anilines is 2. The minimum atomic E-state index is -4.50. The lowest BCUT2D eigenvalue weighted by Gasteiger charge is -2.13. The van der Waals surface area contributed by atoms with Gasteiger partial charge < -0.3 is 20.7 Å². The Hall–Kier alpha value is -3.37. The number of amides is 2. The third-order valence-electron chi connectivity index (χ3n) is 4.24. The van der Waals surface area contributed by atoms with Crippen LogP contribution in [0.1, 0.15) is 25.0 Å². The smallest absolute Gasteiger partial charge is 0.416 e. The molecule has 1 heterocycles. The number of carbonyl (C=O) groups is 1. The average Bonchev–Trinajstić information content (AvgIpc) is 2.77. The summed E-state index contributed by atoms with van der Waals surface area (Å²) in [7, 11) is 0. The molecule has 3 rings (SSSR count). The monoisotopic (exact) mass is 495 g/mol. The van der Waals surface area contributed by atoms with Crippen LogP contribution in [0.15, 0.2) is 54.9 Å². The van der Waals surface area contributed by atoms with Crippen LogP contribution in [0.3, 0.4) is 0 Å². The molecule has 0 unspecified atom stereocenters. The molecule has 182 valence electrons. The van der Waals surface area contributed by atoms with Crippen LogP contribution in [0.4, 0.5) is 29.3 Å². The van der Waals surface area contributed by atoms with Gasteiger partial charge in [0.05, 0.1) is 5.56 Å². The first-order chi connectivity index (χ1) is 16.1. The fourth-order valence-corrected chi connectivity index (χ4v) is 2.79. The molecule has 0 bridgehead atoms. The van der Waals surface area contributed by atoms with Gasteiger partial charge >= 0.3 is 12.2 Å². The molecule has 11 heteroatoms. The van der Waals surface area contributed by atoms with E-state index in [1.165, 1.54) is 31.5 Å². The Morgan fingerprint density at radius 3 is 2.15 bits per heavy atom. The van der Waals surface area contributed by atoms with Gasteiger partial charge in [0.15, 0.2) is 0 Å². The van der Waals surface area contributed by atoms with E-state index in [4.69, 9.17) is 16.3 Å². The van der Waals surface area contributed by atoms with E-state index in [0.717, 1.165) is 19.2 Å². The summed E-state index contributed by atoms with van der Waals surface area (Å²) < 4.78 is 44.4. The highest BCUT2D eigenvalue weighted by molar-refractivity contribution is 6.29. The van der Waals surface area contributed by atoms with E-state index < -0.39 is 17.8 Å². The molecule has 0 atom stereocenters. The third kappa shape index (κ3) is 8.87. The van der Waals surface area contributed by atoms with Crippen LogP contribution < -0.4 is 20.7 Å². The summed E-state index contributed by atoms with van der Waals surface area (Å²) in [4.78, 5) is 19.7. The van der Waals surface area contributed by atoms with Gasteiger partial charge in [-0.15, -0.1) is 0 Å². The van der Waals surface area contributed by atoms with Crippen molar-refractivity contribution in [3.8, 4) is 11.6 Å². The Morgan fingerprint density at radius 2 is 1.59 bits per heavy atom. The zero-order chi connectivity index (χ0) is 25.1. The summed E-state index contributed by atoms with van der Waals surface area (Å²) in [5, 5.41) is 8.25. The first-order valence-corrected chi connectivity index (χ1v) is 10.7. The van der Waals surface area contributed by atoms with E-state index in [9.17, 15) is 18.0 Å². The molecule has 0 radical (unpaired) electrons. The Kier molecular flexibility index (Phi) is 10.1. The number of benzene rings is 2. The van der Waals surface area contributed by atoms with Gasteiger partial charge in [0.25, 0.3) is 0 Å². The Balaban J connectivity index is 0.000000739. The van der Waals surface area contributed by atoms with Gasteiger partial charge in [0, 0.05) is 17.4 Å². The number of carbonyl (C=O) groups excluding carboxylic acids is 1. The number of hydrogen-bond acceptors (Lipinski definition) is 5. The maximum atomic E-state index is 13.0. The number of rotatable bonds is 6. The number of nitrogens with one attached hydrogen (secondary N) is 3. The first kappa shape index (κ1) is 26.9. The standard InChI is InChI=1S/C19H14ClF3N4O2.C4H11N/c1-11-2-3-13(8-15(11)19(21,22)23)27-18(28)26-12-4-6-14(7-5-12)29-17-9-16(20)24-10-25-17;1-3-5-4-2/h2-10H,1H3,(H2,26,27,28);5H,3-4H2,1-2H3. The zero-order valence-electron chi connectivity index (χ0n) is 18.8. The van der Waals surface area contributed by atoms with Crippen LogP contribution in [0.25, 0.3) is 0 Å². The molecule has 1 aromatic heterocycles. The number of alkyl halides is 3. The Morgan fingerprint density at radius 1 is 0.971 bits per heavy atom. The number of aryl methyl sites for hydroxylation is 1. The minimum absolute atomic E-state index is 0.0287. The van der Waals surface area contributed by atoms with Crippen molar-refractivity contribution in [1.82, 2.24) is 15.3 Å². The van der Waals surface area contributed by atoms with Gasteiger partial charge in [-0.2, -0.15) is 13.2 Å². The second kappa shape index (κ2) is 12.8. The van der Waals surface area contributed by atoms with Gasteiger partial charge in [0.1, 0.15) is 17.2 Å². The molecule has 0 aliphatic carbocycles. The van der Waals surface area contributed by atoms with E-state index in [0.29, 0.717) is 11.4 Å². The number of aromatic nitrogens is 2. The molecule has 0 aliphatic heterocycles. The highest BCUT2D eigenvalue weighted by atomic mass is 35.5. The van der Waals surface area contributed by atoms with E-state index >= 15 is 0 Å². The highest BCUT2D eigenvalue weighted by Crippen LogP contribution is 2.33. The topological polar surface area (TPSA) is 88.2 Å². The second-order valence-corrected chi connectivity index (χ2v) is 7.26. The molecule has 0 spiro atoms. The quantitative estimate of drug-likeness (QED) is 0.339. The van der Waals surface area contributed by atoms with Crippen molar-refractivity contribution in [2.24, 2.45) is 0 Å². The molecular weight excluding hydrogens is 471 g/mol. The predicted octanol–water partition coefficient (Wildman–Crippen LogP) is 6.51. The van der Waals surface area contributed by atoms with Crippen molar-refractivity contribution in [2.75, 3.05) is 23.7 Å². The lowest BCUT2D eigenvalue weighted by atomic mass is 10.1. The van der Waals surface area contributed by atoms with Crippen molar-refractivity contribution in [2.45, 2.75) is 26.9 Å². The molecule has 2 aromatic carbocycles. The second-order valence-electron chi connectivity index (χ2n) is 6.87. The summed E-state index contributed by atoms with van der Waals surface area (Å²) in [6, 6.07) is 10.6. The van der Waals surface area contributed by atoms with Crippen molar-refractivity contribution in [3.63, 3.8) is 0 Å². The normalized spacial score (nSPS) is 10.7. The number of hydrogen-bond donors (Lipinski definition) is 3. The van der Waals surface area contributed by atoms with Gasteiger partial charge in [-0.05, 0) is 62.0 Å². The van der Waals surface area contributed by atoms with Crippen LogP contribution >= 0.6 is 11.6 Å². The number of ether oxygens (including phenoxy) is 1. The molecule has 0 saturated carbocycles. The predicted molar refractivity (Wildman–Crippen MR) is 127 cm³/mol. The number of nitrogens with zero attached hydrogens (tertiary/aromatic N) is 2. The van der Waals surface area contributed by atoms with Gasteiger partial charge in [0.2, 0.25) is 5.88 Å². The van der Waals surface area contributed by atoms with Crippen molar-refractivity contribution >= 4 is 29.0 Å². The summed E-state index contributed by atoms with van der Waals surface area (Å²) in [5.41, 5.74) is -0.287. The largest absolute Gasteiger partial charge is 0.439 e. The highest BCUT2D eigenvalue weighted by Gasteiger charge is 2.32. The molecule has 3 N–H and O–H groups in total. The fourth-order valence-electron chi connectivity index (χ4n) is 2.65. The zero-order valence-corrected chi connectivity index (χ0v) is 19.6. The third-order valence-corrected chi connectivity index (χ3v) is 4.45. The number of halogens is 4. The first-order valence-electron chi connectivity index (χ1n) is 10.3. The molecule has 2 amide bonds. The maximum absolute atomic E-state index is 13.0. The minimum Gasteiger partial charge on any atom is -0.439 e. The van der Waals surface area contributed by atoms with Crippen LogP contribution in [0, 0.1) is 6.92 Å². The van der Waals surface area contributed by atoms with Crippen molar-refractivity contribution in [1.29, 1.82) is 0 Å². The number of urea groups is 1. The molecule has 0 fully saturated rings. The summed E-state index contributed by atoms with van der Waals surface area (Å²) in [6.07, 6.45) is -3.24. The van der Waals surface area contributed by atoms with Crippen LogP contribution in [0.5, 0.6) is 11.6 Å².